The van der Waals surface area contributed by atoms with Crippen LogP contribution in [0.2, 0.25) is 0 Å². The van der Waals surface area contributed by atoms with Crippen LogP contribution in [-0.2, 0) is 0 Å². The predicted octanol–water partition coefficient (Wildman–Crippen LogP) is 4.76. The molecule has 0 fully saturated rings. The van der Waals surface area contributed by atoms with Crippen LogP contribution < -0.4 is 5.32 Å². The van der Waals surface area contributed by atoms with E-state index in [-0.39, 0.29) is 0 Å². The number of hydrogen-bond donors (Lipinski definition) is 1. The van der Waals surface area contributed by atoms with Gasteiger partial charge >= 0.3 is 0 Å². The summed E-state index contributed by atoms with van der Waals surface area (Å²) in [6, 6.07) is 11.6. The molecule has 1 aromatic heterocycles. The standard InChI is InChI=1S/C17H23NS/c1-5-10-18-17(16-9-7-14(4)19-16)15-8-6-12(2)11-13(15)3/h6-9,11,17-18H,5,10H2,1-4H3. The Balaban J connectivity index is 2.36. The third kappa shape index (κ3) is 3.46. The van der Waals surface area contributed by atoms with E-state index in [0.29, 0.717) is 6.04 Å². The molecule has 0 amide bonds. The predicted molar refractivity (Wildman–Crippen MR) is 85.1 cm³/mol. The highest BCUT2D eigenvalue weighted by atomic mass is 32.1. The van der Waals surface area contributed by atoms with Crippen LogP contribution in [0.1, 0.15) is 45.8 Å². The SMILES string of the molecule is CCCNC(c1ccc(C)s1)c1ccc(C)cc1C. The van der Waals surface area contributed by atoms with Crippen LogP contribution in [0.5, 0.6) is 0 Å². The van der Waals surface area contributed by atoms with Crippen LogP contribution in [0.15, 0.2) is 30.3 Å². The van der Waals surface area contributed by atoms with Gasteiger partial charge in [0.1, 0.15) is 0 Å². The Kier molecular flexibility index (Phi) is 4.78. The lowest BCUT2D eigenvalue weighted by molar-refractivity contribution is 0.603. The van der Waals surface area contributed by atoms with Gasteiger partial charge in [0.05, 0.1) is 6.04 Å². The van der Waals surface area contributed by atoms with Gasteiger partial charge in [-0.15, -0.1) is 11.3 Å². The Morgan fingerprint density at radius 2 is 1.89 bits per heavy atom. The highest BCUT2D eigenvalue weighted by Gasteiger charge is 2.16. The van der Waals surface area contributed by atoms with Gasteiger partial charge in [-0.05, 0) is 57.0 Å². The minimum absolute atomic E-state index is 0.333. The average Bonchev–Trinajstić information content (AvgIpc) is 2.78. The molecule has 1 aromatic carbocycles. The van der Waals surface area contributed by atoms with Crippen LogP contribution >= 0.6 is 11.3 Å². The summed E-state index contributed by atoms with van der Waals surface area (Å²) in [6.45, 7) is 9.80. The normalized spacial score (nSPS) is 12.6. The lowest BCUT2D eigenvalue weighted by Crippen LogP contribution is -2.23. The van der Waals surface area contributed by atoms with Crippen LogP contribution in [0, 0.1) is 20.8 Å². The van der Waals surface area contributed by atoms with Gasteiger partial charge in [-0.2, -0.15) is 0 Å². The van der Waals surface area contributed by atoms with Crippen LogP contribution in [0.3, 0.4) is 0 Å². The van der Waals surface area contributed by atoms with Gasteiger partial charge in [0.2, 0.25) is 0 Å². The maximum Gasteiger partial charge on any atom is 0.0673 e. The topological polar surface area (TPSA) is 12.0 Å². The van der Waals surface area contributed by atoms with E-state index in [2.05, 4.69) is 63.3 Å². The van der Waals surface area contributed by atoms with Gasteiger partial charge in [-0.3, -0.25) is 0 Å². The van der Waals surface area contributed by atoms with E-state index in [4.69, 9.17) is 0 Å². The maximum absolute atomic E-state index is 3.69. The highest BCUT2D eigenvalue weighted by Crippen LogP contribution is 2.30. The van der Waals surface area contributed by atoms with Crippen molar-refractivity contribution in [2.75, 3.05) is 6.54 Å². The fraction of sp³-hybridized carbons (Fsp3) is 0.412. The summed E-state index contributed by atoms with van der Waals surface area (Å²) in [7, 11) is 0. The zero-order valence-corrected chi connectivity index (χ0v) is 13.1. The molecule has 2 rings (SSSR count). The number of aryl methyl sites for hydroxylation is 3. The number of thiophene rings is 1. The molecule has 0 spiro atoms. The lowest BCUT2D eigenvalue weighted by Gasteiger charge is -2.20. The van der Waals surface area contributed by atoms with Crippen LogP contribution in [-0.4, -0.2) is 6.54 Å². The fourth-order valence-electron chi connectivity index (χ4n) is 2.41. The summed E-state index contributed by atoms with van der Waals surface area (Å²) >= 11 is 1.89. The average molecular weight is 273 g/mol. The maximum atomic E-state index is 3.69. The van der Waals surface area contributed by atoms with E-state index in [0.717, 1.165) is 13.0 Å². The first-order valence-electron chi connectivity index (χ1n) is 6.98. The Bertz CT molecular complexity index is 542. The molecule has 0 aliphatic carbocycles. The Hall–Kier alpha value is -1.12. The molecule has 0 aliphatic rings. The van der Waals surface area contributed by atoms with E-state index < -0.39 is 0 Å². The molecule has 19 heavy (non-hydrogen) atoms. The molecule has 1 unspecified atom stereocenters. The number of rotatable bonds is 5. The Morgan fingerprint density at radius 3 is 2.47 bits per heavy atom. The first-order valence-corrected chi connectivity index (χ1v) is 7.80. The van der Waals surface area contributed by atoms with E-state index >= 15 is 0 Å². The third-order valence-corrected chi connectivity index (χ3v) is 4.45. The molecule has 0 bridgehead atoms. The minimum Gasteiger partial charge on any atom is -0.306 e. The molecule has 0 radical (unpaired) electrons. The second kappa shape index (κ2) is 6.36. The molecule has 1 nitrogen and oxygen atoms in total. The van der Waals surface area contributed by atoms with Crippen molar-refractivity contribution in [1.29, 1.82) is 0 Å². The Morgan fingerprint density at radius 1 is 1.11 bits per heavy atom. The van der Waals surface area contributed by atoms with E-state index in [1.807, 2.05) is 11.3 Å². The van der Waals surface area contributed by atoms with Gasteiger partial charge in [0.15, 0.2) is 0 Å². The van der Waals surface area contributed by atoms with E-state index in [1.165, 1.54) is 26.4 Å². The first kappa shape index (κ1) is 14.3. The quantitative estimate of drug-likeness (QED) is 0.828. The molecule has 0 aliphatic heterocycles. The van der Waals surface area contributed by atoms with Gasteiger partial charge in [-0.25, -0.2) is 0 Å². The molecule has 0 saturated carbocycles. The minimum atomic E-state index is 0.333. The van der Waals surface area contributed by atoms with Crippen molar-refractivity contribution >= 4 is 11.3 Å². The molecule has 2 aromatic rings. The van der Waals surface area contributed by atoms with Crippen molar-refractivity contribution in [2.45, 2.75) is 40.2 Å². The first-order chi connectivity index (χ1) is 9.11. The zero-order valence-electron chi connectivity index (χ0n) is 12.3. The second-order valence-electron chi connectivity index (χ2n) is 5.20. The molecular weight excluding hydrogens is 250 g/mol. The van der Waals surface area contributed by atoms with Crippen molar-refractivity contribution < 1.29 is 0 Å². The zero-order chi connectivity index (χ0) is 13.8. The second-order valence-corrected chi connectivity index (χ2v) is 6.52. The van der Waals surface area contributed by atoms with E-state index in [9.17, 15) is 0 Å². The smallest absolute Gasteiger partial charge is 0.0673 e. The summed E-state index contributed by atoms with van der Waals surface area (Å²) in [4.78, 5) is 2.79. The summed E-state index contributed by atoms with van der Waals surface area (Å²) in [6.07, 6.45) is 1.16. The molecular formula is C17H23NS. The Labute approximate surface area is 120 Å². The van der Waals surface area contributed by atoms with Crippen molar-refractivity contribution in [3.05, 3.63) is 56.8 Å². The summed E-state index contributed by atoms with van der Waals surface area (Å²) in [5, 5.41) is 3.69. The molecule has 0 saturated heterocycles. The van der Waals surface area contributed by atoms with E-state index in [1.54, 1.807) is 0 Å². The van der Waals surface area contributed by atoms with Crippen molar-refractivity contribution in [3.63, 3.8) is 0 Å². The van der Waals surface area contributed by atoms with Crippen molar-refractivity contribution in [1.82, 2.24) is 5.32 Å². The monoisotopic (exact) mass is 273 g/mol. The third-order valence-electron chi connectivity index (χ3n) is 3.38. The van der Waals surface area contributed by atoms with Gasteiger partial charge in [0, 0.05) is 9.75 Å². The van der Waals surface area contributed by atoms with Crippen LogP contribution in [0.25, 0.3) is 0 Å². The molecule has 102 valence electrons. The van der Waals surface area contributed by atoms with Crippen molar-refractivity contribution in [3.8, 4) is 0 Å². The lowest BCUT2D eigenvalue weighted by atomic mass is 9.98. The van der Waals surface area contributed by atoms with Gasteiger partial charge in [-0.1, -0.05) is 30.7 Å². The summed E-state index contributed by atoms with van der Waals surface area (Å²) in [5.74, 6) is 0. The number of hydrogen-bond acceptors (Lipinski definition) is 2. The molecule has 1 N–H and O–H groups in total. The molecule has 1 heterocycles. The van der Waals surface area contributed by atoms with Crippen LogP contribution in [0.4, 0.5) is 0 Å². The largest absolute Gasteiger partial charge is 0.306 e. The van der Waals surface area contributed by atoms with Gasteiger partial charge < -0.3 is 5.32 Å². The summed E-state index contributed by atoms with van der Waals surface area (Å²) in [5.41, 5.74) is 4.11. The number of benzene rings is 1. The highest BCUT2D eigenvalue weighted by molar-refractivity contribution is 7.12. The van der Waals surface area contributed by atoms with Crippen molar-refractivity contribution in [2.24, 2.45) is 0 Å². The number of nitrogens with one attached hydrogen (secondary N) is 1. The molecule has 2 heteroatoms. The summed E-state index contributed by atoms with van der Waals surface area (Å²) < 4.78 is 0. The fourth-order valence-corrected chi connectivity index (χ4v) is 3.38. The van der Waals surface area contributed by atoms with Gasteiger partial charge in [0.25, 0.3) is 0 Å². The molecule has 1 atom stereocenters.